The summed E-state index contributed by atoms with van der Waals surface area (Å²) in [7, 11) is 0. The number of carboxylic acid groups (broad SMARTS) is 1. The SMILES string of the molecule is O=C(CSc1nncn1C1CC1)N[C@H]1CC[C@@H](C(=O)O)C1. The van der Waals surface area contributed by atoms with Gasteiger partial charge in [0, 0.05) is 12.1 Å². The van der Waals surface area contributed by atoms with Crippen molar-refractivity contribution in [2.75, 3.05) is 5.75 Å². The molecule has 21 heavy (non-hydrogen) atoms. The molecular formula is C13H18N4O3S. The molecule has 0 aliphatic heterocycles. The second-order valence-corrected chi connectivity index (χ2v) is 6.60. The fourth-order valence-electron chi connectivity index (χ4n) is 2.67. The Morgan fingerprint density at radius 3 is 2.86 bits per heavy atom. The maximum atomic E-state index is 11.9. The molecule has 2 atom stereocenters. The van der Waals surface area contributed by atoms with Crippen molar-refractivity contribution in [2.45, 2.75) is 49.3 Å². The molecule has 2 aliphatic carbocycles. The third kappa shape index (κ3) is 3.55. The molecule has 114 valence electrons. The first-order valence-corrected chi connectivity index (χ1v) is 8.16. The van der Waals surface area contributed by atoms with Crippen LogP contribution >= 0.6 is 11.8 Å². The largest absolute Gasteiger partial charge is 0.481 e. The summed E-state index contributed by atoms with van der Waals surface area (Å²) in [5.74, 6) is -0.861. The van der Waals surface area contributed by atoms with Crippen LogP contribution in [0.5, 0.6) is 0 Å². The summed E-state index contributed by atoms with van der Waals surface area (Å²) in [6.45, 7) is 0. The molecule has 1 heterocycles. The van der Waals surface area contributed by atoms with Crippen LogP contribution in [0, 0.1) is 5.92 Å². The van der Waals surface area contributed by atoms with Gasteiger partial charge in [0.1, 0.15) is 6.33 Å². The molecule has 0 aromatic carbocycles. The number of hydrogen-bond donors (Lipinski definition) is 2. The number of rotatable bonds is 6. The van der Waals surface area contributed by atoms with E-state index in [9.17, 15) is 9.59 Å². The summed E-state index contributed by atoms with van der Waals surface area (Å²) in [5, 5.41) is 20.6. The second-order valence-electron chi connectivity index (χ2n) is 5.65. The van der Waals surface area contributed by atoms with Crippen LogP contribution in [0.3, 0.4) is 0 Å². The Balaban J connectivity index is 1.44. The molecule has 7 nitrogen and oxygen atoms in total. The van der Waals surface area contributed by atoms with Gasteiger partial charge in [-0.05, 0) is 32.1 Å². The highest BCUT2D eigenvalue weighted by molar-refractivity contribution is 7.99. The fraction of sp³-hybridized carbons (Fsp3) is 0.692. The Kier molecular flexibility index (Phi) is 4.14. The zero-order chi connectivity index (χ0) is 14.8. The van der Waals surface area contributed by atoms with Crippen LogP contribution < -0.4 is 5.32 Å². The average molecular weight is 310 g/mol. The highest BCUT2D eigenvalue weighted by Gasteiger charge is 2.31. The standard InChI is InChI=1S/C13H18N4O3S/c18-11(15-9-2-1-8(5-9)12(19)20)6-21-13-16-14-7-17(13)10-3-4-10/h7-10H,1-6H2,(H,15,18)(H,19,20)/t8-,9+/m1/s1. The van der Waals surface area contributed by atoms with Crippen LogP contribution in [-0.4, -0.2) is 43.5 Å². The smallest absolute Gasteiger partial charge is 0.306 e. The van der Waals surface area contributed by atoms with Gasteiger partial charge in [0.2, 0.25) is 5.91 Å². The van der Waals surface area contributed by atoms with Gasteiger partial charge in [-0.2, -0.15) is 0 Å². The van der Waals surface area contributed by atoms with Gasteiger partial charge in [0.25, 0.3) is 0 Å². The summed E-state index contributed by atoms with van der Waals surface area (Å²) < 4.78 is 2.02. The molecule has 2 N–H and O–H groups in total. The van der Waals surface area contributed by atoms with E-state index < -0.39 is 5.97 Å². The monoisotopic (exact) mass is 310 g/mol. The van der Waals surface area contributed by atoms with Gasteiger partial charge in [-0.25, -0.2) is 0 Å². The lowest BCUT2D eigenvalue weighted by Crippen LogP contribution is -2.34. The molecule has 1 aromatic heterocycles. The molecule has 2 saturated carbocycles. The number of aliphatic carboxylic acids is 1. The topological polar surface area (TPSA) is 97.1 Å². The molecule has 1 aromatic rings. The van der Waals surface area contributed by atoms with Crippen LogP contribution in [0.15, 0.2) is 11.5 Å². The highest BCUT2D eigenvalue weighted by Crippen LogP contribution is 2.37. The predicted octanol–water partition coefficient (Wildman–Crippen LogP) is 1.07. The minimum Gasteiger partial charge on any atom is -0.481 e. The normalized spacial score (nSPS) is 25.0. The molecule has 0 saturated heterocycles. The van der Waals surface area contributed by atoms with E-state index in [1.807, 2.05) is 4.57 Å². The average Bonchev–Trinajstić information content (AvgIpc) is 3.00. The summed E-state index contributed by atoms with van der Waals surface area (Å²) in [4.78, 5) is 22.8. The zero-order valence-electron chi connectivity index (χ0n) is 11.6. The minimum absolute atomic E-state index is 0.0134. The summed E-state index contributed by atoms with van der Waals surface area (Å²) >= 11 is 1.38. The molecule has 3 rings (SSSR count). The Morgan fingerprint density at radius 2 is 2.19 bits per heavy atom. The van der Waals surface area contributed by atoms with Crippen LogP contribution in [0.4, 0.5) is 0 Å². The van der Waals surface area contributed by atoms with E-state index in [1.54, 1.807) is 6.33 Å². The van der Waals surface area contributed by atoms with Gasteiger partial charge in [0.05, 0.1) is 11.7 Å². The molecule has 2 aliphatic rings. The zero-order valence-corrected chi connectivity index (χ0v) is 12.4. The highest BCUT2D eigenvalue weighted by atomic mass is 32.2. The summed E-state index contributed by atoms with van der Waals surface area (Å²) in [5.41, 5.74) is 0. The van der Waals surface area contributed by atoms with Gasteiger partial charge >= 0.3 is 5.97 Å². The quantitative estimate of drug-likeness (QED) is 0.763. The lowest BCUT2D eigenvalue weighted by molar-refractivity contribution is -0.141. The van der Waals surface area contributed by atoms with E-state index in [-0.39, 0.29) is 17.9 Å². The minimum atomic E-state index is -0.765. The third-order valence-corrected chi connectivity index (χ3v) is 4.92. The molecule has 0 spiro atoms. The second kappa shape index (κ2) is 6.05. The fourth-order valence-corrected chi connectivity index (χ4v) is 3.47. The van der Waals surface area contributed by atoms with Crippen molar-refractivity contribution in [3.05, 3.63) is 6.33 Å². The number of aromatic nitrogens is 3. The summed E-state index contributed by atoms with van der Waals surface area (Å²) in [6.07, 6.45) is 5.93. The van der Waals surface area contributed by atoms with Crippen LogP contribution in [0.1, 0.15) is 38.1 Å². The van der Waals surface area contributed by atoms with Crippen LogP contribution in [0.2, 0.25) is 0 Å². The van der Waals surface area contributed by atoms with Gasteiger partial charge < -0.3 is 15.0 Å². The predicted molar refractivity (Wildman–Crippen MR) is 75.9 cm³/mol. The first-order valence-electron chi connectivity index (χ1n) is 7.18. The number of thioether (sulfide) groups is 1. The van der Waals surface area contributed by atoms with Gasteiger partial charge in [-0.3, -0.25) is 9.59 Å². The van der Waals surface area contributed by atoms with Gasteiger partial charge in [-0.1, -0.05) is 11.8 Å². The number of amides is 1. The Labute approximate surface area is 126 Å². The number of nitrogens with one attached hydrogen (secondary N) is 1. The molecule has 0 unspecified atom stereocenters. The molecule has 0 bridgehead atoms. The van der Waals surface area contributed by atoms with Gasteiger partial charge in [-0.15, -0.1) is 10.2 Å². The summed E-state index contributed by atoms with van der Waals surface area (Å²) in [6, 6.07) is 0.484. The lowest BCUT2D eigenvalue weighted by atomic mass is 10.1. The van der Waals surface area contributed by atoms with E-state index in [0.717, 1.165) is 24.4 Å². The number of nitrogens with zero attached hydrogens (tertiary/aromatic N) is 3. The molecule has 8 heteroatoms. The van der Waals surface area contributed by atoms with Crippen molar-refractivity contribution in [3.63, 3.8) is 0 Å². The molecule has 0 radical (unpaired) electrons. The van der Waals surface area contributed by atoms with E-state index >= 15 is 0 Å². The molecular weight excluding hydrogens is 292 g/mol. The number of carbonyl (C=O) groups excluding carboxylic acids is 1. The van der Waals surface area contributed by atoms with E-state index in [0.29, 0.717) is 24.6 Å². The molecule has 1 amide bonds. The van der Waals surface area contributed by atoms with E-state index in [2.05, 4.69) is 15.5 Å². The van der Waals surface area contributed by atoms with Crippen LogP contribution in [0.25, 0.3) is 0 Å². The van der Waals surface area contributed by atoms with Crippen molar-refractivity contribution in [1.29, 1.82) is 0 Å². The van der Waals surface area contributed by atoms with Crippen molar-refractivity contribution < 1.29 is 14.7 Å². The Morgan fingerprint density at radius 1 is 1.38 bits per heavy atom. The van der Waals surface area contributed by atoms with Crippen molar-refractivity contribution in [2.24, 2.45) is 5.92 Å². The number of carbonyl (C=O) groups is 2. The first-order chi connectivity index (χ1) is 10.1. The Hall–Kier alpha value is -1.57. The first kappa shape index (κ1) is 14.4. The van der Waals surface area contributed by atoms with Crippen molar-refractivity contribution in [3.8, 4) is 0 Å². The van der Waals surface area contributed by atoms with Crippen molar-refractivity contribution >= 4 is 23.6 Å². The Bertz CT molecular complexity index is 543. The lowest BCUT2D eigenvalue weighted by Gasteiger charge is -2.12. The van der Waals surface area contributed by atoms with Gasteiger partial charge in [0.15, 0.2) is 5.16 Å². The third-order valence-electron chi connectivity index (χ3n) is 3.96. The number of hydrogen-bond acceptors (Lipinski definition) is 5. The van der Waals surface area contributed by atoms with Crippen LogP contribution in [-0.2, 0) is 9.59 Å². The van der Waals surface area contributed by atoms with Crippen molar-refractivity contribution in [1.82, 2.24) is 20.1 Å². The van der Waals surface area contributed by atoms with E-state index in [1.165, 1.54) is 11.8 Å². The van der Waals surface area contributed by atoms with E-state index in [4.69, 9.17) is 5.11 Å². The maximum absolute atomic E-state index is 11.9. The number of carboxylic acids is 1. The maximum Gasteiger partial charge on any atom is 0.306 e. The molecule has 2 fully saturated rings.